The molecule has 19 heavy (non-hydrogen) atoms. The van der Waals surface area contributed by atoms with Gasteiger partial charge in [0.05, 0.1) is 0 Å². The molecule has 0 aliphatic heterocycles. The minimum absolute atomic E-state index is 0.395. The summed E-state index contributed by atoms with van der Waals surface area (Å²) in [7, 11) is 0. The Morgan fingerprint density at radius 3 is 2.63 bits per heavy atom. The van der Waals surface area contributed by atoms with E-state index in [0.29, 0.717) is 11.5 Å². The zero-order chi connectivity index (χ0) is 13.9. The zero-order valence-electron chi connectivity index (χ0n) is 12.4. The summed E-state index contributed by atoms with van der Waals surface area (Å²) in [6, 6.07) is 8.82. The van der Waals surface area contributed by atoms with Crippen LogP contribution in [0.25, 0.3) is 0 Å². The Morgan fingerprint density at radius 1 is 1.21 bits per heavy atom. The van der Waals surface area contributed by atoms with Gasteiger partial charge in [-0.05, 0) is 41.9 Å². The Labute approximate surface area is 122 Å². The summed E-state index contributed by atoms with van der Waals surface area (Å²) in [6.07, 6.45) is 5.41. The van der Waals surface area contributed by atoms with Crippen LogP contribution in [-0.2, 0) is 6.54 Å². The summed E-state index contributed by atoms with van der Waals surface area (Å²) in [5.41, 5.74) is 1.68. The number of rotatable bonds is 3. The molecule has 1 N–H and O–H groups in total. The Bertz CT molecular complexity index is 408. The summed E-state index contributed by atoms with van der Waals surface area (Å²) in [6.45, 7) is 8.04. The maximum absolute atomic E-state index is 6.04. The summed E-state index contributed by atoms with van der Waals surface area (Å²) < 4.78 is 0. The quantitative estimate of drug-likeness (QED) is 0.818. The van der Waals surface area contributed by atoms with E-state index in [1.165, 1.54) is 31.2 Å². The number of hydrogen-bond donors (Lipinski definition) is 1. The third-order valence-corrected chi connectivity index (χ3v) is 4.57. The molecule has 1 nitrogen and oxygen atoms in total. The van der Waals surface area contributed by atoms with Crippen molar-refractivity contribution in [2.24, 2.45) is 11.3 Å². The largest absolute Gasteiger partial charge is 0.310 e. The zero-order valence-corrected chi connectivity index (χ0v) is 13.1. The summed E-state index contributed by atoms with van der Waals surface area (Å²) in [4.78, 5) is 0. The summed E-state index contributed by atoms with van der Waals surface area (Å²) in [5, 5.41) is 4.59. The molecular formula is C17H26ClN. The number of halogens is 1. The molecule has 2 atom stereocenters. The molecule has 2 heteroatoms. The van der Waals surface area contributed by atoms with Crippen LogP contribution >= 0.6 is 11.6 Å². The molecule has 1 fully saturated rings. The van der Waals surface area contributed by atoms with Crippen molar-refractivity contribution in [1.29, 1.82) is 0 Å². The molecule has 1 aliphatic carbocycles. The molecule has 106 valence electrons. The molecule has 1 aromatic rings. The molecule has 0 heterocycles. The Hall–Kier alpha value is -0.530. The molecule has 0 bridgehead atoms. The standard InChI is InChI=1S/C17H26ClN/c1-17(2,3)15-9-4-5-10-16(15)19-12-13-7-6-8-14(18)11-13/h6-8,11,15-16,19H,4-5,9-10,12H2,1-3H3. The highest BCUT2D eigenvalue weighted by molar-refractivity contribution is 6.30. The molecule has 0 saturated heterocycles. The number of benzene rings is 1. The van der Waals surface area contributed by atoms with Crippen LogP contribution in [0.3, 0.4) is 0 Å². The minimum Gasteiger partial charge on any atom is -0.310 e. The van der Waals surface area contributed by atoms with Crippen LogP contribution in [0, 0.1) is 11.3 Å². The smallest absolute Gasteiger partial charge is 0.0409 e. The van der Waals surface area contributed by atoms with Crippen LogP contribution in [-0.4, -0.2) is 6.04 Å². The average Bonchev–Trinajstić information content (AvgIpc) is 2.36. The first kappa shape index (κ1) is 14.9. The number of hydrogen-bond acceptors (Lipinski definition) is 1. The lowest BCUT2D eigenvalue weighted by Gasteiger charge is -2.41. The SMILES string of the molecule is CC(C)(C)C1CCCCC1NCc1cccc(Cl)c1. The van der Waals surface area contributed by atoms with Gasteiger partial charge in [-0.15, -0.1) is 0 Å². The van der Waals surface area contributed by atoms with Crippen LogP contribution < -0.4 is 5.32 Å². The van der Waals surface area contributed by atoms with E-state index in [4.69, 9.17) is 11.6 Å². The van der Waals surface area contributed by atoms with Crippen molar-refractivity contribution in [3.8, 4) is 0 Å². The van der Waals surface area contributed by atoms with Gasteiger partial charge in [-0.25, -0.2) is 0 Å². The van der Waals surface area contributed by atoms with Crippen LogP contribution in [0.4, 0.5) is 0 Å². The molecule has 1 saturated carbocycles. The fraction of sp³-hybridized carbons (Fsp3) is 0.647. The molecule has 1 aromatic carbocycles. The highest BCUT2D eigenvalue weighted by Crippen LogP contribution is 2.38. The molecular weight excluding hydrogens is 254 g/mol. The second-order valence-electron chi connectivity index (χ2n) is 6.87. The number of nitrogens with one attached hydrogen (secondary N) is 1. The molecule has 2 rings (SSSR count). The van der Waals surface area contributed by atoms with E-state index >= 15 is 0 Å². The summed E-state index contributed by atoms with van der Waals surface area (Å²) >= 11 is 6.04. The third kappa shape index (κ3) is 4.22. The van der Waals surface area contributed by atoms with E-state index < -0.39 is 0 Å². The van der Waals surface area contributed by atoms with E-state index in [1.54, 1.807) is 0 Å². The van der Waals surface area contributed by atoms with Gasteiger partial charge in [-0.3, -0.25) is 0 Å². The topological polar surface area (TPSA) is 12.0 Å². The monoisotopic (exact) mass is 279 g/mol. The van der Waals surface area contributed by atoms with E-state index in [-0.39, 0.29) is 0 Å². The second kappa shape index (κ2) is 6.28. The maximum Gasteiger partial charge on any atom is 0.0409 e. The van der Waals surface area contributed by atoms with Crippen molar-refractivity contribution in [3.63, 3.8) is 0 Å². The predicted octanol–water partition coefficient (Wildman–Crippen LogP) is 5.03. The van der Waals surface area contributed by atoms with Crippen LogP contribution in [0.15, 0.2) is 24.3 Å². The second-order valence-corrected chi connectivity index (χ2v) is 7.31. The van der Waals surface area contributed by atoms with Gasteiger partial charge >= 0.3 is 0 Å². The lowest BCUT2D eigenvalue weighted by molar-refractivity contribution is 0.130. The van der Waals surface area contributed by atoms with E-state index in [9.17, 15) is 0 Å². The van der Waals surface area contributed by atoms with Crippen LogP contribution in [0.1, 0.15) is 52.0 Å². The molecule has 0 spiro atoms. The molecule has 2 unspecified atom stereocenters. The molecule has 0 radical (unpaired) electrons. The fourth-order valence-electron chi connectivity index (χ4n) is 3.31. The average molecular weight is 280 g/mol. The van der Waals surface area contributed by atoms with Crippen LogP contribution in [0.2, 0.25) is 5.02 Å². The first-order valence-corrected chi connectivity index (χ1v) is 7.82. The van der Waals surface area contributed by atoms with Gasteiger partial charge in [0.2, 0.25) is 0 Å². The van der Waals surface area contributed by atoms with Gasteiger partial charge in [-0.2, -0.15) is 0 Å². The van der Waals surface area contributed by atoms with Gasteiger partial charge in [0, 0.05) is 17.6 Å². The predicted molar refractivity (Wildman–Crippen MR) is 83.5 cm³/mol. The maximum atomic E-state index is 6.04. The lowest BCUT2D eigenvalue weighted by Crippen LogP contribution is -2.43. The fourth-order valence-corrected chi connectivity index (χ4v) is 3.52. The van der Waals surface area contributed by atoms with Gasteiger partial charge in [-0.1, -0.05) is 57.3 Å². The Kier molecular flexibility index (Phi) is 4.92. The van der Waals surface area contributed by atoms with Crippen LogP contribution in [0.5, 0.6) is 0 Å². The van der Waals surface area contributed by atoms with E-state index in [1.807, 2.05) is 12.1 Å². The van der Waals surface area contributed by atoms with Gasteiger partial charge in [0.15, 0.2) is 0 Å². The van der Waals surface area contributed by atoms with Crippen molar-refractivity contribution in [3.05, 3.63) is 34.9 Å². The van der Waals surface area contributed by atoms with Crippen molar-refractivity contribution < 1.29 is 0 Å². The van der Waals surface area contributed by atoms with Crippen molar-refractivity contribution in [1.82, 2.24) is 5.32 Å². The molecule has 1 aliphatic rings. The minimum atomic E-state index is 0.395. The molecule has 0 aromatic heterocycles. The highest BCUT2D eigenvalue weighted by atomic mass is 35.5. The summed E-state index contributed by atoms with van der Waals surface area (Å²) in [5.74, 6) is 0.778. The Balaban J connectivity index is 1.97. The van der Waals surface area contributed by atoms with Gasteiger partial charge in [0.1, 0.15) is 0 Å². The van der Waals surface area contributed by atoms with Gasteiger partial charge < -0.3 is 5.32 Å². The van der Waals surface area contributed by atoms with E-state index in [2.05, 4.69) is 38.2 Å². The lowest BCUT2D eigenvalue weighted by atomic mass is 9.69. The third-order valence-electron chi connectivity index (χ3n) is 4.34. The van der Waals surface area contributed by atoms with Gasteiger partial charge in [0.25, 0.3) is 0 Å². The Morgan fingerprint density at radius 2 is 1.95 bits per heavy atom. The van der Waals surface area contributed by atoms with Crippen molar-refractivity contribution in [2.75, 3.05) is 0 Å². The first-order chi connectivity index (χ1) is 8.97. The van der Waals surface area contributed by atoms with E-state index in [0.717, 1.165) is 17.5 Å². The molecule has 0 amide bonds. The normalized spacial score (nSPS) is 24.4. The van der Waals surface area contributed by atoms with Crippen molar-refractivity contribution in [2.45, 2.75) is 59.0 Å². The first-order valence-electron chi connectivity index (χ1n) is 7.44. The van der Waals surface area contributed by atoms with Crippen molar-refractivity contribution >= 4 is 11.6 Å². The highest BCUT2D eigenvalue weighted by Gasteiger charge is 2.33.